The highest BCUT2D eigenvalue weighted by Crippen LogP contribution is 2.30. The molecule has 6 heteroatoms. The van der Waals surface area contributed by atoms with Crippen molar-refractivity contribution in [1.82, 2.24) is 0 Å². The Labute approximate surface area is 158 Å². The fourth-order valence-corrected chi connectivity index (χ4v) is 2.62. The van der Waals surface area contributed by atoms with Crippen LogP contribution >= 0.6 is 15.9 Å². The van der Waals surface area contributed by atoms with Gasteiger partial charge in [-0.2, -0.15) is 0 Å². The molecule has 0 N–H and O–H groups in total. The van der Waals surface area contributed by atoms with Crippen LogP contribution in [0.25, 0.3) is 0 Å². The summed E-state index contributed by atoms with van der Waals surface area (Å²) in [4.78, 5) is 23.7. The molecule has 1 unspecified atom stereocenters. The Morgan fingerprint density at radius 1 is 1.12 bits per heavy atom. The van der Waals surface area contributed by atoms with Crippen molar-refractivity contribution in [3.05, 3.63) is 22.7 Å². The monoisotopic (exact) mass is 414 g/mol. The highest BCUT2D eigenvalue weighted by atomic mass is 79.9. The van der Waals surface area contributed by atoms with Gasteiger partial charge in [-0.25, -0.2) is 0 Å². The van der Waals surface area contributed by atoms with E-state index in [1.807, 2.05) is 0 Å². The van der Waals surface area contributed by atoms with Gasteiger partial charge in [-0.05, 0) is 30.5 Å². The molecule has 1 aromatic rings. The summed E-state index contributed by atoms with van der Waals surface area (Å²) in [6.45, 7) is 4.66. The van der Waals surface area contributed by atoms with Gasteiger partial charge in [0.1, 0.15) is 0 Å². The maximum atomic E-state index is 11.9. The SMILES string of the molecule is CCCCC(CC)COC(=O)CCC(=O)Oc1ccc(Br)cc1OC. The maximum absolute atomic E-state index is 11.9. The smallest absolute Gasteiger partial charge is 0.311 e. The quantitative estimate of drug-likeness (QED) is 0.380. The van der Waals surface area contributed by atoms with Gasteiger partial charge in [-0.3, -0.25) is 9.59 Å². The maximum Gasteiger partial charge on any atom is 0.311 e. The summed E-state index contributed by atoms with van der Waals surface area (Å²) < 4.78 is 16.5. The highest BCUT2D eigenvalue weighted by molar-refractivity contribution is 9.10. The normalized spacial score (nSPS) is 11.7. The van der Waals surface area contributed by atoms with Crippen LogP contribution in [0.5, 0.6) is 11.5 Å². The summed E-state index contributed by atoms with van der Waals surface area (Å²) in [7, 11) is 1.50. The molecule has 1 aromatic carbocycles. The zero-order valence-electron chi connectivity index (χ0n) is 15.2. The Bertz CT molecular complexity index is 559. The minimum Gasteiger partial charge on any atom is -0.493 e. The lowest BCUT2D eigenvalue weighted by molar-refractivity contribution is -0.148. The minimum atomic E-state index is -0.490. The van der Waals surface area contributed by atoms with E-state index >= 15 is 0 Å². The first-order chi connectivity index (χ1) is 12.0. The van der Waals surface area contributed by atoms with E-state index < -0.39 is 5.97 Å². The van der Waals surface area contributed by atoms with E-state index in [2.05, 4.69) is 29.8 Å². The molecule has 0 bridgehead atoms. The number of rotatable bonds is 11. The van der Waals surface area contributed by atoms with E-state index in [0.29, 0.717) is 24.0 Å². The average Bonchev–Trinajstić information content (AvgIpc) is 2.61. The number of ether oxygens (including phenoxy) is 3. The van der Waals surface area contributed by atoms with Crippen LogP contribution in [0.1, 0.15) is 52.4 Å². The molecule has 0 aliphatic heterocycles. The van der Waals surface area contributed by atoms with Gasteiger partial charge in [0, 0.05) is 4.47 Å². The van der Waals surface area contributed by atoms with E-state index in [1.54, 1.807) is 18.2 Å². The number of carbonyl (C=O) groups excluding carboxylic acids is 2. The Morgan fingerprint density at radius 3 is 2.48 bits per heavy atom. The van der Waals surface area contributed by atoms with Crippen molar-refractivity contribution in [1.29, 1.82) is 0 Å². The third kappa shape index (κ3) is 8.38. The Balaban J connectivity index is 2.37. The van der Waals surface area contributed by atoms with Crippen molar-refractivity contribution in [3.8, 4) is 11.5 Å². The molecule has 0 aliphatic rings. The van der Waals surface area contributed by atoms with Crippen LogP contribution < -0.4 is 9.47 Å². The summed E-state index contributed by atoms with van der Waals surface area (Å²) in [6, 6.07) is 5.09. The molecule has 0 saturated heterocycles. The van der Waals surface area contributed by atoms with Crippen molar-refractivity contribution in [2.24, 2.45) is 5.92 Å². The standard InChI is InChI=1S/C19H27BrO5/c1-4-6-7-14(5-2)13-24-18(21)10-11-19(22)25-16-9-8-15(20)12-17(16)23-3/h8-9,12,14H,4-7,10-11,13H2,1-3H3. The topological polar surface area (TPSA) is 61.8 Å². The third-order valence-electron chi connectivity index (χ3n) is 3.91. The van der Waals surface area contributed by atoms with Crippen molar-refractivity contribution in [3.63, 3.8) is 0 Å². The van der Waals surface area contributed by atoms with E-state index in [4.69, 9.17) is 14.2 Å². The fraction of sp³-hybridized carbons (Fsp3) is 0.579. The number of unbranched alkanes of at least 4 members (excludes halogenated alkanes) is 1. The second kappa shape index (κ2) is 11.9. The Kier molecular flexibility index (Phi) is 10.2. The van der Waals surface area contributed by atoms with Crippen molar-refractivity contribution < 1.29 is 23.8 Å². The molecule has 25 heavy (non-hydrogen) atoms. The number of halogens is 1. The second-order valence-corrected chi connectivity index (χ2v) is 6.78. The molecule has 5 nitrogen and oxygen atoms in total. The summed E-state index contributed by atoms with van der Waals surface area (Å²) in [5.74, 6) is 0.315. The molecule has 0 aliphatic carbocycles. The van der Waals surface area contributed by atoms with Gasteiger partial charge in [-0.15, -0.1) is 0 Å². The van der Waals surface area contributed by atoms with E-state index in [0.717, 1.165) is 30.2 Å². The number of hydrogen-bond acceptors (Lipinski definition) is 5. The van der Waals surface area contributed by atoms with Gasteiger partial charge < -0.3 is 14.2 Å². The largest absolute Gasteiger partial charge is 0.493 e. The third-order valence-corrected chi connectivity index (χ3v) is 4.40. The number of hydrogen-bond donors (Lipinski definition) is 0. The van der Waals surface area contributed by atoms with Gasteiger partial charge in [0.15, 0.2) is 11.5 Å². The number of methoxy groups -OCH3 is 1. The van der Waals surface area contributed by atoms with Crippen molar-refractivity contribution in [2.45, 2.75) is 52.4 Å². The highest BCUT2D eigenvalue weighted by Gasteiger charge is 2.14. The predicted octanol–water partition coefficient (Wildman–Crippen LogP) is 4.90. The van der Waals surface area contributed by atoms with E-state index in [9.17, 15) is 9.59 Å². The average molecular weight is 415 g/mol. The van der Waals surface area contributed by atoms with Crippen LogP contribution in [0.15, 0.2) is 22.7 Å². The fourth-order valence-electron chi connectivity index (χ4n) is 2.28. The number of esters is 2. The van der Waals surface area contributed by atoms with Crippen LogP contribution in [-0.4, -0.2) is 25.7 Å². The van der Waals surface area contributed by atoms with Gasteiger partial charge in [0.2, 0.25) is 0 Å². The molecule has 0 amide bonds. The van der Waals surface area contributed by atoms with Gasteiger partial charge in [0.25, 0.3) is 0 Å². The second-order valence-electron chi connectivity index (χ2n) is 5.87. The lowest BCUT2D eigenvalue weighted by Gasteiger charge is -2.14. The summed E-state index contributed by atoms with van der Waals surface area (Å²) in [5.41, 5.74) is 0. The van der Waals surface area contributed by atoms with Gasteiger partial charge in [0.05, 0.1) is 26.6 Å². The molecule has 0 saturated carbocycles. The van der Waals surface area contributed by atoms with E-state index in [1.165, 1.54) is 7.11 Å². The van der Waals surface area contributed by atoms with Gasteiger partial charge >= 0.3 is 11.9 Å². The lowest BCUT2D eigenvalue weighted by atomic mass is 10.0. The van der Waals surface area contributed by atoms with Crippen molar-refractivity contribution >= 4 is 27.9 Å². The molecule has 0 radical (unpaired) electrons. The Morgan fingerprint density at radius 2 is 1.84 bits per heavy atom. The minimum absolute atomic E-state index is 0.0158. The van der Waals surface area contributed by atoms with Crippen LogP contribution in [-0.2, 0) is 14.3 Å². The molecule has 1 atom stereocenters. The van der Waals surface area contributed by atoms with Crippen LogP contribution in [0, 0.1) is 5.92 Å². The summed E-state index contributed by atoms with van der Waals surface area (Å²) >= 11 is 3.32. The Hall–Kier alpha value is -1.56. The molecule has 0 aromatic heterocycles. The van der Waals surface area contributed by atoms with Crippen LogP contribution in [0.4, 0.5) is 0 Å². The molecular weight excluding hydrogens is 388 g/mol. The molecule has 1 rings (SSSR count). The first-order valence-corrected chi connectivity index (χ1v) is 9.49. The molecule has 0 heterocycles. The first-order valence-electron chi connectivity index (χ1n) is 8.69. The zero-order chi connectivity index (χ0) is 18.7. The van der Waals surface area contributed by atoms with Crippen molar-refractivity contribution in [2.75, 3.05) is 13.7 Å². The van der Waals surface area contributed by atoms with E-state index in [-0.39, 0.29) is 18.8 Å². The number of benzene rings is 1. The summed E-state index contributed by atoms with van der Waals surface area (Å²) in [5, 5.41) is 0. The summed E-state index contributed by atoms with van der Waals surface area (Å²) in [6.07, 6.45) is 4.31. The lowest BCUT2D eigenvalue weighted by Crippen LogP contribution is -2.16. The van der Waals surface area contributed by atoms with Crippen LogP contribution in [0.2, 0.25) is 0 Å². The first kappa shape index (κ1) is 21.5. The predicted molar refractivity (Wildman–Crippen MR) is 99.8 cm³/mol. The van der Waals surface area contributed by atoms with Gasteiger partial charge in [-0.1, -0.05) is 49.0 Å². The zero-order valence-corrected chi connectivity index (χ0v) is 16.8. The molecular formula is C19H27BrO5. The number of carbonyl (C=O) groups is 2. The van der Waals surface area contributed by atoms with Crippen LogP contribution in [0.3, 0.4) is 0 Å². The molecule has 0 spiro atoms. The molecule has 0 fully saturated rings. The molecule has 140 valence electrons.